The number of carbonyl (C=O) groups excluding carboxylic acids is 3. The van der Waals surface area contributed by atoms with Crippen LogP contribution in [0.3, 0.4) is 0 Å². The Morgan fingerprint density at radius 3 is 2.47 bits per heavy atom. The van der Waals surface area contributed by atoms with E-state index in [1.807, 2.05) is 75.4 Å². The first kappa shape index (κ1) is 29.5. The van der Waals surface area contributed by atoms with Crippen molar-refractivity contribution in [2.75, 3.05) is 42.6 Å². The van der Waals surface area contributed by atoms with Gasteiger partial charge in [0, 0.05) is 42.9 Å². The minimum absolute atomic E-state index is 0.0174. The van der Waals surface area contributed by atoms with E-state index >= 15 is 0 Å². The van der Waals surface area contributed by atoms with Gasteiger partial charge in [-0.05, 0) is 75.1 Å². The van der Waals surface area contributed by atoms with Crippen LogP contribution in [0.4, 0.5) is 11.4 Å². The summed E-state index contributed by atoms with van der Waals surface area (Å²) in [6.45, 7) is 7.66. The lowest BCUT2D eigenvalue weighted by Gasteiger charge is -2.35. The van der Waals surface area contributed by atoms with E-state index in [9.17, 15) is 19.5 Å². The summed E-state index contributed by atoms with van der Waals surface area (Å²) >= 11 is 1.59. The van der Waals surface area contributed by atoms with E-state index in [4.69, 9.17) is 4.74 Å². The van der Waals surface area contributed by atoms with Crippen molar-refractivity contribution in [3.05, 3.63) is 77.9 Å². The maximum absolute atomic E-state index is 14.6. The predicted molar refractivity (Wildman–Crippen MR) is 169 cm³/mol. The summed E-state index contributed by atoms with van der Waals surface area (Å²) in [6.07, 6.45) is 9.23. The Bertz CT molecular complexity index is 1470. The van der Waals surface area contributed by atoms with Gasteiger partial charge in [0.05, 0.1) is 23.2 Å². The van der Waals surface area contributed by atoms with Gasteiger partial charge in [0.15, 0.2) is 0 Å². The van der Waals surface area contributed by atoms with Gasteiger partial charge in [-0.25, -0.2) is 0 Å². The molecule has 1 N–H and O–H groups in total. The van der Waals surface area contributed by atoms with Crippen LogP contribution < -0.4 is 14.5 Å². The molecule has 2 saturated heterocycles. The van der Waals surface area contributed by atoms with Gasteiger partial charge < -0.3 is 24.5 Å². The first-order chi connectivity index (χ1) is 20.8. The summed E-state index contributed by atoms with van der Waals surface area (Å²) in [5, 5.41) is 9.25. The average molecular weight is 602 g/mol. The fourth-order valence-electron chi connectivity index (χ4n) is 7.12. The summed E-state index contributed by atoms with van der Waals surface area (Å²) in [6, 6.07) is 12.8. The topological polar surface area (TPSA) is 90.4 Å². The molecule has 226 valence electrons. The SMILES string of the molecule is CCOc1ccc(N2CC=C[C@@H]3S[C@]45C=CCN(c6cc(C)ccc6C)C(=O)C4N(CCCCO)C(=O)[C@@H]5[C@@H]3C2=O)cc1. The number of likely N-dealkylation sites (tertiary alicyclic amines) is 1. The number of nitrogens with zero attached hydrogens (tertiary/aromatic N) is 3. The fourth-order valence-corrected chi connectivity index (χ4v) is 9.13. The Morgan fingerprint density at radius 2 is 1.72 bits per heavy atom. The number of hydrogen-bond donors (Lipinski definition) is 1. The lowest BCUT2D eigenvalue weighted by molar-refractivity contribution is -0.138. The largest absolute Gasteiger partial charge is 0.494 e. The van der Waals surface area contributed by atoms with Crippen molar-refractivity contribution < 1.29 is 24.2 Å². The van der Waals surface area contributed by atoms with E-state index in [1.165, 1.54) is 0 Å². The zero-order valence-corrected chi connectivity index (χ0v) is 25.8. The fraction of sp³-hybridized carbons (Fsp3) is 0.441. The van der Waals surface area contributed by atoms with Crippen LogP contribution in [-0.2, 0) is 14.4 Å². The Balaban J connectivity index is 1.40. The lowest BCUT2D eigenvalue weighted by Crippen LogP contribution is -2.53. The number of aryl methyl sites for hydroxylation is 2. The molecular weight excluding hydrogens is 562 g/mol. The van der Waals surface area contributed by atoms with Crippen molar-refractivity contribution in [1.29, 1.82) is 0 Å². The second-order valence-corrected chi connectivity index (χ2v) is 13.2. The third kappa shape index (κ3) is 4.96. The molecule has 0 saturated carbocycles. The molecule has 4 heterocycles. The van der Waals surface area contributed by atoms with Gasteiger partial charge in [0.25, 0.3) is 5.91 Å². The Labute approximate surface area is 257 Å². The van der Waals surface area contributed by atoms with Crippen LogP contribution in [0.1, 0.15) is 30.9 Å². The number of anilines is 2. The van der Waals surface area contributed by atoms with Crippen LogP contribution in [0.5, 0.6) is 5.75 Å². The van der Waals surface area contributed by atoms with E-state index in [1.54, 1.807) is 26.5 Å². The summed E-state index contributed by atoms with van der Waals surface area (Å²) in [7, 11) is 0. The zero-order chi connectivity index (χ0) is 30.3. The van der Waals surface area contributed by atoms with Gasteiger partial charge in [-0.1, -0.05) is 36.4 Å². The number of thioether (sulfide) groups is 1. The molecule has 9 heteroatoms. The third-order valence-electron chi connectivity index (χ3n) is 9.08. The number of unbranched alkanes of at least 4 members (excludes halogenated alkanes) is 1. The van der Waals surface area contributed by atoms with Crippen LogP contribution in [-0.4, -0.2) is 76.6 Å². The van der Waals surface area contributed by atoms with Gasteiger partial charge in [-0.3, -0.25) is 14.4 Å². The number of ether oxygens (including phenoxy) is 1. The number of amides is 3. The van der Waals surface area contributed by atoms with Crippen molar-refractivity contribution in [2.45, 2.75) is 49.7 Å². The van der Waals surface area contributed by atoms with Crippen molar-refractivity contribution in [3.8, 4) is 5.75 Å². The van der Waals surface area contributed by atoms with Gasteiger partial charge in [0.1, 0.15) is 11.8 Å². The van der Waals surface area contributed by atoms with Gasteiger partial charge >= 0.3 is 0 Å². The van der Waals surface area contributed by atoms with E-state index < -0.39 is 22.6 Å². The first-order valence-corrected chi connectivity index (χ1v) is 16.0. The number of aliphatic hydroxyl groups excluding tert-OH is 1. The smallest absolute Gasteiger partial charge is 0.251 e. The molecule has 0 aliphatic carbocycles. The monoisotopic (exact) mass is 601 g/mol. The second-order valence-electron chi connectivity index (χ2n) is 11.7. The van der Waals surface area contributed by atoms with Crippen LogP contribution in [0.2, 0.25) is 0 Å². The third-order valence-corrected chi connectivity index (χ3v) is 10.8. The molecule has 4 aliphatic rings. The molecular formula is C34H39N3O5S. The van der Waals surface area contributed by atoms with Crippen LogP contribution in [0.15, 0.2) is 66.8 Å². The normalized spacial score (nSPS) is 28.1. The van der Waals surface area contributed by atoms with Gasteiger partial charge in [-0.2, -0.15) is 0 Å². The highest BCUT2D eigenvalue weighted by Crippen LogP contribution is 2.61. The molecule has 5 atom stereocenters. The summed E-state index contributed by atoms with van der Waals surface area (Å²) in [4.78, 5) is 48.8. The molecule has 1 spiro atoms. The minimum atomic E-state index is -0.878. The number of rotatable bonds is 8. The van der Waals surface area contributed by atoms with Crippen molar-refractivity contribution >= 4 is 40.9 Å². The first-order valence-electron chi connectivity index (χ1n) is 15.2. The molecule has 2 aromatic rings. The second kappa shape index (κ2) is 11.8. The predicted octanol–water partition coefficient (Wildman–Crippen LogP) is 4.28. The zero-order valence-electron chi connectivity index (χ0n) is 24.9. The van der Waals surface area contributed by atoms with Crippen LogP contribution >= 0.6 is 11.8 Å². The Morgan fingerprint density at radius 1 is 0.953 bits per heavy atom. The molecule has 8 nitrogen and oxygen atoms in total. The molecule has 2 aromatic carbocycles. The van der Waals surface area contributed by atoms with E-state index in [-0.39, 0.29) is 29.6 Å². The lowest BCUT2D eigenvalue weighted by atomic mass is 9.78. The van der Waals surface area contributed by atoms with E-state index in [2.05, 4.69) is 12.2 Å². The highest BCUT2D eigenvalue weighted by molar-refractivity contribution is 8.02. The van der Waals surface area contributed by atoms with E-state index in [0.29, 0.717) is 39.1 Å². The summed E-state index contributed by atoms with van der Waals surface area (Å²) < 4.78 is 4.72. The minimum Gasteiger partial charge on any atom is -0.494 e. The van der Waals surface area contributed by atoms with Crippen molar-refractivity contribution in [3.63, 3.8) is 0 Å². The Kier molecular flexibility index (Phi) is 8.13. The molecule has 6 rings (SSSR count). The van der Waals surface area contributed by atoms with E-state index in [0.717, 1.165) is 28.3 Å². The molecule has 0 bridgehead atoms. The number of hydrogen-bond acceptors (Lipinski definition) is 6. The maximum Gasteiger partial charge on any atom is 0.251 e. The Hall–Kier alpha value is -3.56. The summed E-state index contributed by atoms with van der Waals surface area (Å²) in [5.41, 5.74) is 3.64. The highest BCUT2D eigenvalue weighted by Gasteiger charge is 2.71. The number of aliphatic hydroxyl groups is 1. The van der Waals surface area contributed by atoms with Crippen LogP contribution in [0.25, 0.3) is 0 Å². The molecule has 4 aliphatic heterocycles. The maximum atomic E-state index is 14.6. The molecule has 3 amide bonds. The highest BCUT2D eigenvalue weighted by atomic mass is 32.2. The van der Waals surface area contributed by atoms with Gasteiger partial charge in [-0.15, -0.1) is 11.8 Å². The van der Waals surface area contributed by atoms with Crippen molar-refractivity contribution in [1.82, 2.24) is 4.90 Å². The number of carbonyl (C=O) groups is 3. The molecule has 0 radical (unpaired) electrons. The molecule has 0 aromatic heterocycles. The number of fused-ring (bicyclic) bond motifs is 2. The standard InChI is InChI=1S/C34H39N3O5S/c1-4-42-25-14-12-24(13-15-25)35-18-7-9-27-28(31(35)39)29-32(40)37(17-5-6-20-38)30-33(41)36(19-8-16-34(29,30)43-27)26-21-22(2)10-11-23(26)3/h7-16,21,27-30,38H,4-6,17-20H2,1-3H3/t27-,28+,29-,30?,34-/m0/s1. The quantitative estimate of drug-likeness (QED) is 0.359. The number of benzene rings is 2. The molecule has 43 heavy (non-hydrogen) atoms. The molecule has 1 unspecified atom stereocenters. The van der Waals surface area contributed by atoms with Crippen molar-refractivity contribution in [2.24, 2.45) is 11.8 Å². The molecule has 2 fully saturated rings. The van der Waals surface area contributed by atoms with Gasteiger partial charge in [0.2, 0.25) is 11.8 Å². The summed E-state index contributed by atoms with van der Waals surface area (Å²) in [5.74, 6) is -0.936. The van der Waals surface area contributed by atoms with Crippen LogP contribution in [0, 0.1) is 25.7 Å². The average Bonchev–Trinajstić information content (AvgIpc) is 3.30.